The lowest BCUT2D eigenvalue weighted by atomic mass is 9.79. The van der Waals surface area contributed by atoms with Gasteiger partial charge in [0, 0.05) is 12.0 Å². The molecule has 4 atom stereocenters. The fourth-order valence-electron chi connectivity index (χ4n) is 7.22. The van der Waals surface area contributed by atoms with Crippen molar-refractivity contribution < 1.29 is 28.2 Å². The van der Waals surface area contributed by atoms with Crippen LogP contribution in [0.15, 0.2) is 122 Å². The first-order chi connectivity index (χ1) is 27.3. The molecule has 57 heavy (non-hydrogen) atoms. The molecule has 0 saturated carbocycles. The van der Waals surface area contributed by atoms with Crippen molar-refractivity contribution in [2.75, 3.05) is 19.5 Å². The summed E-state index contributed by atoms with van der Waals surface area (Å²) in [4.78, 5) is 26.8. The molecule has 3 heterocycles. The molecule has 1 N–H and O–H groups in total. The van der Waals surface area contributed by atoms with Gasteiger partial charge in [-0.2, -0.15) is 0 Å². The van der Waals surface area contributed by atoms with Crippen LogP contribution < -0.4 is 14.8 Å². The number of nitrogens with one attached hydrogen (secondary N) is 1. The van der Waals surface area contributed by atoms with Crippen LogP contribution in [0.25, 0.3) is 11.2 Å². The number of benzene rings is 4. The maximum Gasteiger partial charge on any atom is 0.256 e. The van der Waals surface area contributed by atoms with Gasteiger partial charge in [-0.1, -0.05) is 93.6 Å². The molecule has 7 rings (SSSR count). The van der Waals surface area contributed by atoms with Crippen molar-refractivity contribution in [2.24, 2.45) is 0 Å². The normalized spacial score (nSPS) is 18.0. The van der Waals surface area contributed by atoms with E-state index in [0.29, 0.717) is 29.0 Å². The molecule has 1 amide bonds. The van der Waals surface area contributed by atoms with Gasteiger partial charge >= 0.3 is 0 Å². The highest BCUT2D eigenvalue weighted by atomic mass is 28.4. The van der Waals surface area contributed by atoms with Crippen LogP contribution in [-0.4, -0.2) is 66.3 Å². The number of nitrogens with zero attached hydrogens (tertiary/aromatic N) is 4. The highest BCUT2D eigenvalue weighted by molar-refractivity contribution is 6.74. The van der Waals surface area contributed by atoms with E-state index in [1.807, 2.05) is 65.2 Å². The Morgan fingerprint density at radius 1 is 0.807 bits per heavy atom. The molecule has 0 radical (unpaired) electrons. The van der Waals surface area contributed by atoms with Gasteiger partial charge in [0.25, 0.3) is 5.91 Å². The highest BCUT2D eigenvalue weighted by Gasteiger charge is 2.49. The Bertz CT molecular complexity index is 2230. The average molecular weight is 786 g/mol. The van der Waals surface area contributed by atoms with Crippen LogP contribution in [0.1, 0.15) is 67.4 Å². The number of hydrogen-bond donors (Lipinski definition) is 1. The monoisotopic (exact) mass is 785 g/mol. The molecular formula is C45H51N5O6Si. The average Bonchev–Trinajstić information content (AvgIpc) is 3.85. The van der Waals surface area contributed by atoms with Crippen molar-refractivity contribution in [1.29, 1.82) is 0 Å². The first-order valence-electron chi connectivity index (χ1n) is 19.2. The Morgan fingerprint density at radius 3 is 1.93 bits per heavy atom. The standard InChI is InChI=1S/C45H51N5O6Si/c1-30(55-45(32-17-13-10-14-18-32,33-19-23-35(52-5)24-20-33)34-21-25-36(53-6)26-22-34)40-37(56-57(7,8)44(2,3)4)27-38(54-40)50-29-48-39-41(46-28-47-42(39)50)49-43(51)31-15-11-9-12-16-31/h9-26,28-30,37-38,40H,27H2,1-8H3,(H,46,47,49,51)/t30?,37-,38+,40+/m0/s1. The molecule has 1 aliphatic rings. The van der Waals surface area contributed by atoms with E-state index in [-0.39, 0.29) is 17.0 Å². The van der Waals surface area contributed by atoms with Crippen molar-refractivity contribution in [3.8, 4) is 11.5 Å². The lowest BCUT2D eigenvalue weighted by molar-refractivity contribution is -0.135. The van der Waals surface area contributed by atoms with Crippen LogP contribution >= 0.6 is 0 Å². The molecule has 0 aliphatic carbocycles. The van der Waals surface area contributed by atoms with Crippen molar-refractivity contribution in [3.63, 3.8) is 0 Å². The molecule has 0 bridgehead atoms. The summed E-state index contributed by atoms with van der Waals surface area (Å²) in [5.41, 5.74) is 3.24. The van der Waals surface area contributed by atoms with Gasteiger partial charge in [-0.3, -0.25) is 9.36 Å². The summed E-state index contributed by atoms with van der Waals surface area (Å²) in [5.74, 6) is 1.52. The summed E-state index contributed by atoms with van der Waals surface area (Å²) in [6.45, 7) is 13.3. The maximum absolute atomic E-state index is 13.1. The predicted molar refractivity (Wildman–Crippen MR) is 223 cm³/mol. The zero-order valence-corrected chi connectivity index (χ0v) is 34.8. The SMILES string of the molecule is COc1ccc(C(OC(C)[C@H]2O[C@@H](n3cnc4c(NC(=O)c5ccccc5)ncnc43)C[C@@H]2O[Si](C)(C)C(C)(C)C)(c2ccccc2)c2ccc(OC)cc2)cc1. The minimum atomic E-state index is -2.32. The van der Waals surface area contributed by atoms with E-state index in [0.717, 1.165) is 28.2 Å². The van der Waals surface area contributed by atoms with Gasteiger partial charge in [0.1, 0.15) is 35.8 Å². The summed E-state index contributed by atoms with van der Waals surface area (Å²) in [6.07, 6.45) is 1.82. The fraction of sp³-hybridized carbons (Fsp3) is 0.333. The lowest BCUT2D eigenvalue weighted by Gasteiger charge is -2.42. The Labute approximate surface area is 335 Å². The zero-order valence-electron chi connectivity index (χ0n) is 33.8. The number of hydrogen-bond acceptors (Lipinski definition) is 9. The van der Waals surface area contributed by atoms with Gasteiger partial charge in [0.15, 0.2) is 25.3 Å². The van der Waals surface area contributed by atoms with Gasteiger partial charge in [-0.15, -0.1) is 0 Å². The Morgan fingerprint density at radius 2 is 1.37 bits per heavy atom. The van der Waals surface area contributed by atoms with Gasteiger partial charge in [0.05, 0.1) is 32.8 Å². The summed E-state index contributed by atoms with van der Waals surface area (Å²) in [6, 6.07) is 35.3. The molecular weight excluding hydrogens is 735 g/mol. The molecule has 12 heteroatoms. The topological polar surface area (TPSA) is 119 Å². The second-order valence-corrected chi connectivity index (χ2v) is 20.7. The maximum atomic E-state index is 13.1. The zero-order chi connectivity index (χ0) is 40.4. The molecule has 4 aromatic carbocycles. The van der Waals surface area contributed by atoms with E-state index in [2.05, 4.69) is 97.5 Å². The summed E-state index contributed by atoms with van der Waals surface area (Å²) in [5, 5.41) is 2.86. The van der Waals surface area contributed by atoms with Crippen LogP contribution in [0.4, 0.5) is 5.82 Å². The third-order valence-corrected chi connectivity index (χ3v) is 15.8. The molecule has 1 fully saturated rings. The number of anilines is 1. The Hall–Kier alpha value is -5.40. The van der Waals surface area contributed by atoms with Crippen LogP contribution in [0, 0.1) is 0 Å². The quantitative estimate of drug-likeness (QED) is 0.0903. The van der Waals surface area contributed by atoms with Crippen molar-refractivity contribution in [3.05, 3.63) is 144 Å². The molecule has 0 spiro atoms. The Balaban J connectivity index is 1.29. The number of aromatic nitrogens is 4. The number of imidazole rings is 1. The predicted octanol–water partition coefficient (Wildman–Crippen LogP) is 9.17. The lowest BCUT2D eigenvalue weighted by Crippen LogP contribution is -2.49. The highest BCUT2D eigenvalue weighted by Crippen LogP contribution is 2.47. The number of ether oxygens (including phenoxy) is 4. The van der Waals surface area contributed by atoms with E-state index in [1.165, 1.54) is 6.33 Å². The number of rotatable bonds is 13. The van der Waals surface area contributed by atoms with Crippen LogP contribution in [0.2, 0.25) is 18.1 Å². The van der Waals surface area contributed by atoms with E-state index in [1.54, 1.807) is 32.7 Å². The smallest absolute Gasteiger partial charge is 0.256 e. The molecule has 2 aromatic heterocycles. The minimum absolute atomic E-state index is 0.0551. The van der Waals surface area contributed by atoms with E-state index in [4.69, 9.17) is 23.4 Å². The molecule has 296 valence electrons. The van der Waals surface area contributed by atoms with E-state index >= 15 is 0 Å². The Kier molecular flexibility index (Phi) is 11.3. The van der Waals surface area contributed by atoms with Crippen molar-refractivity contribution >= 4 is 31.2 Å². The molecule has 1 aliphatic heterocycles. The molecule has 11 nitrogen and oxygen atoms in total. The third kappa shape index (κ3) is 7.95. The second kappa shape index (κ2) is 16.2. The number of fused-ring (bicyclic) bond motifs is 1. The molecule has 1 unspecified atom stereocenters. The van der Waals surface area contributed by atoms with E-state index in [9.17, 15) is 4.79 Å². The minimum Gasteiger partial charge on any atom is -0.497 e. The first-order valence-corrected chi connectivity index (χ1v) is 22.1. The summed E-state index contributed by atoms with van der Waals surface area (Å²) >= 11 is 0. The van der Waals surface area contributed by atoms with Gasteiger partial charge < -0.3 is 28.7 Å². The van der Waals surface area contributed by atoms with Crippen molar-refractivity contribution in [1.82, 2.24) is 19.5 Å². The van der Waals surface area contributed by atoms with Gasteiger partial charge in [-0.25, -0.2) is 15.0 Å². The van der Waals surface area contributed by atoms with Crippen LogP contribution in [0.3, 0.4) is 0 Å². The fourth-order valence-corrected chi connectivity index (χ4v) is 8.56. The van der Waals surface area contributed by atoms with Crippen LogP contribution in [-0.2, 0) is 19.5 Å². The number of carbonyl (C=O) groups is 1. The third-order valence-electron chi connectivity index (χ3n) is 11.3. The number of amides is 1. The number of carbonyl (C=O) groups excluding carboxylic acids is 1. The van der Waals surface area contributed by atoms with Crippen molar-refractivity contribution in [2.45, 2.75) is 82.4 Å². The summed E-state index contributed by atoms with van der Waals surface area (Å²) < 4.78 is 34.9. The summed E-state index contributed by atoms with van der Waals surface area (Å²) in [7, 11) is 1.01. The first kappa shape index (κ1) is 39.8. The second-order valence-electron chi connectivity index (χ2n) is 15.9. The molecule has 1 saturated heterocycles. The van der Waals surface area contributed by atoms with Crippen LogP contribution in [0.5, 0.6) is 11.5 Å². The molecule has 6 aromatic rings. The van der Waals surface area contributed by atoms with Gasteiger partial charge in [0.2, 0.25) is 0 Å². The largest absolute Gasteiger partial charge is 0.497 e. The van der Waals surface area contributed by atoms with Gasteiger partial charge in [-0.05, 0) is 78.1 Å². The van der Waals surface area contributed by atoms with E-state index < -0.39 is 32.4 Å². The number of methoxy groups -OCH3 is 2.